The van der Waals surface area contributed by atoms with Crippen LogP contribution in [0, 0.1) is 5.92 Å². The summed E-state index contributed by atoms with van der Waals surface area (Å²) in [5.41, 5.74) is 3.69. The van der Waals surface area contributed by atoms with E-state index in [0.29, 0.717) is 42.7 Å². The normalized spacial score (nSPS) is 20.1. The fourth-order valence-electron chi connectivity index (χ4n) is 5.36. The number of aromatic nitrogens is 3. The SMILES string of the molecule is C=C(C)C1CCC(C)=CC1c1c(O)cc(CCCCC)c(C(=O)N2CCn3cnnc3C2)c1O. The predicted octanol–water partition coefficient (Wildman–Crippen LogP) is 5.09. The van der Waals surface area contributed by atoms with Crippen molar-refractivity contribution in [3.8, 4) is 11.5 Å². The summed E-state index contributed by atoms with van der Waals surface area (Å²) in [7, 11) is 0. The molecular weight excluding hydrogens is 428 g/mol. The highest BCUT2D eigenvalue weighted by Crippen LogP contribution is 2.48. The first kappa shape index (κ1) is 24.0. The maximum absolute atomic E-state index is 13.8. The Balaban J connectivity index is 1.79. The van der Waals surface area contributed by atoms with Gasteiger partial charge in [0.25, 0.3) is 5.91 Å². The van der Waals surface area contributed by atoms with Gasteiger partial charge in [-0.05, 0) is 57.1 Å². The maximum atomic E-state index is 13.8. The smallest absolute Gasteiger partial charge is 0.258 e. The minimum Gasteiger partial charge on any atom is -0.507 e. The molecule has 4 rings (SSSR count). The van der Waals surface area contributed by atoms with Crippen molar-refractivity contribution in [1.82, 2.24) is 19.7 Å². The Hall–Kier alpha value is -3.09. The molecule has 1 aromatic carbocycles. The van der Waals surface area contributed by atoms with Crippen LogP contribution in [-0.4, -0.2) is 42.3 Å². The van der Waals surface area contributed by atoms with Gasteiger partial charge in [0.05, 0.1) is 12.1 Å². The average Bonchev–Trinajstić information content (AvgIpc) is 3.26. The van der Waals surface area contributed by atoms with Gasteiger partial charge in [0, 0.05) is 24.6 Å². The lowest BCUT2D eigenvalue weighted by molar-refractivity contribution is 0.0703. The van der Waals surface area contributed by atoms with E-state index in [1.165, 1.54) is 5.57 Å². The molecule has 0 saturated heterocycles. The number of aryl methyl sites for hydroxylation is 1. The lowest BCUT2D eigenvalue weighted by Gasteiger charge is -2.33. The minimum absolute atomic E-state index is 0.0566. The second-order valence-electron chi connectivity index (χ2n) is 9.85. The number of phenols is 2. The van der Waals surface area contributed by atoms with Crippen molar-refractivity contribution in [2.75, 3.05) is 6.54 Å². The summed E-state index contributed by atoms with van der Waals surface area (Å²) in [6, 6.07) is 1.71. The molecule has 2 aromatic rings. The van der Waals surface area contributed by atoms with Gasteiger partial charge in [-0.15, -0.1) is 10.2 Å². The van der Waals surface area contributed by atoms with Gasteiger partial charge >= 0.3 is 0 Å². The van der Waals surface area contributed by atoms with Crippen LogP contribution in [0.5, 0.6) is 11.5 Å². The van der Waals surface area contributed by atoms with Crippen LogP contribution >= 0.6 is 0 Å². The summed E-state index contributed by atoms with van der Waals surface area (Å²) in [6.07, 6.45) is 9.25. The molecule has 2 atom stereocenters. The van der Waals surface area contributed by atoms with Crippen LogP contribution in [0.2, 0.25) is 0 Å². The Morgan fingerprint density at radius 2 is 2.06 bits per heavy atom. The van der Waals surface area contributed by atoms with E-state index in [-0.39, 0.29) is 29.2 Å². The van der Waals surface area contributed by atoms with Crippen molar-refractivity contribution in [2.45, 2.75) is 78.3 Å². The molecule has 0 bridgehead atoms. The molecule has 7 heteroatoms. The van der Waals surface area contributed by atoms with Gasteiger partial charge in [-0.1, -0.05) is 43.6 Å². The zero-order chi connectivity index (χ0) is 24.4. The fourth-order valence-corrected chi connectivity index (χ4v) is 5.36. The zero-order valence-electron chi connectivity index (χ0n) is 20.5. The number of amides is 1. The quantitative estimate of drug-likeness (QED) is 0.440. The first-order valence-corrected chi connectivity index (χ1v) is 12.4. The van der Waals surface area contributed by atoms with Crippen LogP contribution in [-0.2, 0) is 19.5 Å². The number of fused-ring (bicyclic) bond motifs is 1. The maximum Gasteiger partial charge on any atom is 0.258 e. The van der Waals surface area contributed by atoms with Crippen molar-refractivity contribution < 1.29 is 15.0 Å². The molecule has 7 nitrogen and oxygen atoms in total. The van der Waals surface area contributed by atoms with E-state index in [4.69, 9.17) is 0 Å². The first-order valence-electron chi connectivity index (χ1n) is 12.4. The third-order valence-corrected chi connectivity index (χ3v) is 7.30. The molecule has 182 valence electrons. The summed E-state index contributed by atoms with van der Waals surface area (Å²) < 4.78 is 1.95. The van der Waals surface area contributed by atoms with E-state index in [2.05, 4.69) is 36.7 Å². The zero-order valence-corrected chi connectivity index (χ0v) is 20.5. The molecule has 0 saturated carbocycles. The summed E-state index contributed by atoms with van der Waals surface area (Å²) in [4.78, 5) is 15.5. The van der Waals surface area contributed by atoms with Gasteiger partial charge in [-0.3, -0.25) is 4.79 Å². The standard InChI is InChI=1S/C27H36N4O3/c1-5-6-7-8-19-14-22(32)25(21-13-18(4)9-10-20(21)17(2)3)26(33)24(19)27(34)30-11-12-31-16-28-29-23(31)15-30/h13-14,16,20-21,32-33H,2,5-12,15H2,1,3-4H3. The lowest BCUT2D eigenvalue weighted by Crippen LogP contribution is -2.38. The van der Waals surface area contributed by atoms with Crippen LogP contribution in [0.4, 0.5) is 0 Å². The number of carbonyl (C=O) groups is 1. The van der Waals surface area contributed by atoms with Crippen LogP contribution < -0.4 is 0 Å². The van der Waals surface area contributed by atoms with Crippen LogP contribution in [0.1, 0.15) is 86.1 Å². The topological polar surface area (TPSA) is 91.5 Å². The van der Waals surface area contributed by atoms with E-state index >= 15 is 0 Å². The number of benzene rings is 1. The number of aromatic hydroxyl groups is 2. The number of phenolic OH excluding ortho intramolecular Hbond substituents is 2. The fraction of sp³-hybridized carbons (Fsp3) is 0.519. The number of hydrogen-bond donors (Lipinski definition) is 2. The van der Waals surface area contributed by atoms with Gasteiger partial charge in [0.15, 0.2) is 5.82 Å². The van der Waals surface area contributed by atoms with Crippen LogP contribution in [0.25, 0.3) is 0 Å². The summed E-state index contributed by atoms with van der Waals surface area (Å²) >= 11 is 0. The third kappa shape index (κ3) is 4.61. The molecule has 1 aliphatic heterocycles. The van der Waals surface area contributed by atoms with Gasteiger partial charge in [0.1, 0.15) is 17.8 Å². The highest BCUT2D eigenvalue weighted by Gasteiger charge is 2.34. The minimum atomic E-state index is -0.220. The predicted molar refractivity (Wildman–Crippen MR) is 132 cm³/mol. The number of allylic oxidation sites excluding steroid dienone is 3. The molecule has 34 heavy (non-hydrogen) atoms. The van der Waals surface area contributed by atoms with Gasteiger partial charge in [-0.25, -0.2) is 0 Å². The van der Waals surface area contributed by atoms with E-state index in [1.807, 2.05) is 11.5 Å². The lowest BCUT2D eigenvalue weighted by atomic mass is 9.73. The van der Waals surface area contributed by atoms with Crippen molar-refractivity contribution in [3.63, 3.8) is 0 Å². The van der Waals surface area contributed by atoms with Crippen molar-refractivity contribution in [2.24, 2.45) is 5.92 Å². The monoisotopic (exact) mass is 464 g/mol. The van der Waals surface area contributed by atoms with E-state index < -0.39 is 0 Å². The highest BCUT2D eigenvalue weighted by atomic mass is 16.3. The van der Waals surface area contributed by atoms with Crippen molar-refractivity contribution in [1.29, 1.82) is 0 Å². The summed E-state index contributed by atoms with van der Waals surface area (Å²) in [6.45, 7) is 11.9. The van der Waals surface area contributed by atoms with E-state index in [0.717, 1.165) is 43.5 Å². The van der Waals surface area contributed by atoms with Crippen molar-refractivity contribution >= 4 is 5.91 Å². The van der Waals surface area contributed by atoms with Crippen LogP contribution in [0.15, 0.2) is 36.2 Å². The van der Waals surface area contributed by atoms with E-state index in [9.17, 15) is 15.0 Å². The number of nitrogens with zero attached hydrogens (tertiary/aromatic N) is 4. The molecule has 0 spiro atoms. The van der Waals surface area contributed by atoms with E-state index in [1.54, 1.807) is 17.3 Å². The third-order valence-electron chi connectivity index (χ3n) is 7.30. The second-order valence-corrected chi connectivity index (χ2v) is 9.85. The van der Waals surface area contributed by atoms with Gasteiger partial charge in [0.2, 0.25) is 0 Å². The van der Waals surface area contributed by atoms with Gasteiger partial charge < -0.3 is 19.7 Å². The summed E-state index contributed by atoms with van der Waals surface area (Å²) in [5, 5.41) is 30.8. The van der Waals surface area contributed by atoms with Crippen molar-refractivity contribution in [3.05, 3.63) is 58.7 Å². The molecule has 1 aliphatic carbocycles. The molecular formula is C27H36N4O3. The Morgan fingerprint density at radius 1 is 1.26 bits per heavy atom. The molecule has 2 aliphatic rings. The Labute approximate surface area is 201 Å². The number of unbranched alkanes of at least 4 members (excludes halogenated alkanes) is 2. The molecule has 2 N–H and O–H groups in total. The number of rotatable bonds is 7. The molecule has 0 fully saturated rings. The summed E-state index contributed by atoms with van der Waals surface area (Å²) in [5.74, 6) is 0.364. The highest BCUT2D eigenvalue weighted by molar-refractivity contribution is 5.99. The molecule has 0 radical (unpaired) electrons. The molecule has 1 aromatic heterocycles. The Bertz CT molecular complexity index is 1120. The number of carbonyl (C=O) groups excluding carboxylic acids is 1. The second kappa shape index (κ2) is 10.0. The molecule has 2 unspecified atom stereocenters. The average molecular weight is 465 g/mol. The largest absolute Gasteiger partial charge is 0.507 e. The number of hydrogen-bond acceptors (Lipinski definition) is 5. The molecule has 1 amide bonds. The van der Waals surface area contributed by atoms with Gasteiger partial charge in [-0.2, -0.15) is 0 Å². The Morgan fingerprint density at radius 3 is 2.79 bits per heavy atom. The Kier molecular flexibility index (Phi) is 7.10. The first-order chi connectivity index (χ1) is 16.3. The van der Waals surface area contributed by atoms with Crippen LogP contribution in [0.3, 0.4) is 0 Å². The molecule has 2 heterocycles.